The van der Waals surface area contributed by atoms with Crippen molar-refractivity contribution in [2.24, 2.45) is 0 Å². The molecule has 1 aromatic heterocycles. The summed E-state index contributed by atoms with van der Waals surface area (Å²) in [5.74, 6) is 0.459. The van der Waals surface area contributed by atoms with Crippen LogP contribution in [0.4, 0.5) is 0 Å². The Labute approximate surface area is 131 Å². The van der Waals surface area contributed by atoms with Gasteiger partial charge in [-0.25, -0.2) is 4.68 Å². The third-order valence-corrected chi connectivity index (χ3v) is 4.58. The Morgan fingerprint density at radius 1 is 1.14 bits per heavy atom. The number of aryl methyl sites for hydroxylation is 2. The van der Waals surface area contributed by atoms with E-state index in [0.717, 1.165) is 44.2 Å². The monoisotopic (exact) mass is 297 g/mol. The SMILES string of the molecule is O=Cc1nnn(CCCc2ccccc2)c1C1CCCCC1. The molecule has 0 aliphatic heterocycles. The molecule has 0 N–H and O–H groups in total. The molecule has 1 heterocycles. The molecule has 2 aromatic rings. The first-order valence-corrected chi connectivity index (χ1v) is 8.31. The summed E-state index contributed by atoms with van der Waals surface area (Å²) in [6.07, 6.45) is 9.04. The molecule has 0 spiro atoms. The van der Waals surface area contributed by atoms with Crippen molar-refractivity contribution in [3.05, 3.63) is 47.3 Å². The fraction of sp³-hybridized carbons (Fsp3) is 0.500. The Hall–Kier alpha value is -1.97. The third kappa shape index (κ3) is 3.43. The average Bonchev–Trinajstić information content (AvgIpc) is 2.99. The van der Waals surface area contributed by atoms with Crippen LogP contribution in [-0.4, -0.2) is 21.3 Å². The summed E-state index contributed by atoms with van der Waals surface area (Å²) in [4.78, 5) is 11.3. The second kappa shape index (κ2) is 7.34. The van der Waals surface area contributed by atoms with E-state index in [1.54, 1.807) is 0 Å². The number of aromatic nitrogens is 3. The van der Waals surface area contributed by atoms with Crippen LogP contribution in [0.25, 0.3) is 0 Å². The van der Waals surface area contributed by atoms with E-state index < -0.39 is 0 Å². The molecule has 22 heavy (non-hydrogen) atoms. The summed E-state index contributed by atoms with van der Waals surface area (Å²) in [6.45, 7) is 0.835. The van der Waals surface area contributed by atoms with Crippen molar-refractivity contribution in [3.63, 3.8) is 0 Å². The highest BCUT2D eigenvalue weighted by atomic mass is 16.1. The lowest BCUT2D eigenvalue weighted by Gasteiger charge is -2.22. The standard InChI is InChI=1S/C18H23N3O/c22-14-17-18(16-11-5-2-6-12-16)21(20-19-17)13-7-10-15-8-3-1-4-9-15/h1,3-4,8-9,14,16H,2,5-7,10-13H2. The number of hydrogen-bond acceptors (Lipinski definition) is 3. The van der Waals surface area contributed by atoms with Crippen molar-refractivity contribution in [1.29, 1.82) is 0 Å². The minimum atomic E-state index is 0.459. The Morgan fingerprint density at radius 2 is 1.91 bits per heavy atom. The quantitative estimate of drug-likeness (QED) is 0.762. The molecule has 0 saturated heterocycles. The number of carbonyl (C=O) groups is 1. The van der Waals surface area contributed by atoms with E-state index in [1.165, 1.54) is 24.8 Å². The van der Waals surface area contributed by atoms with Gasteiger partial charge in [0.25, 0.3) is 0 Å². The molecule has 0 atom stereocenters. The van der Waals surface area contributed by atoms with Gasteiger partial charge >= 0.3 is 0 Å². The zero-order chi connectivity index (χ0) is 15.2. The van der Waals surface area contributed by atoms with Gasteiger partial charge in [0.2, 0.25) is 0 Å². The van der Waals surface area contributed by atoms with Crippen LogP contribution in [0.5, 0.6) is 0 Å². The minimum Gasteiger partial charge on any atom is -0.296 e. The number of hydrogen-bond donors (Lipinski definition) is 0. The van der Waals surface area contributed by atoms with Crippen molar-refractivity contribution in [2.45, 2.75) is 57.4 Å². The molecule has 1 aliphatic rings. The molecule has 0 bridgehead atoms. The maximum atomic E-state index is 11.3. The molecule has 1 fully saturated rings. The summed E-state index contributed by atoms with van der Waals surface area (Å²) in [7, 11) is 0. The summed E-state index contributed by atoms with van der Waals surface area (Å²) < 4.78 is 1.97. The number of carbonyl (C=O) groups excluding carboxylic acids is 1. The zero-order valence-electron chi connectivity index (χ0n) is 12.9. The Bertz CT molecular complexity index is 600. The lowest BCUT2D eigenvalue weighted by Crippen LogP contribution is -2.14. The average molecular weight is 297 g/mol. The summed E-state index contributed by atoms with van der Waals surface area (Å²) in [5.41, 5.74) is 2.96. The first-order chi connectivity index (χ1) is 10.9. The van der Waals surface area contributed by atoms with Gasteiger partial charge in [-0.3, -0.25) is 4.79 Å². The lowest BCUT2D eigenvalue weighted by atomic mass is 9.86. The smallest absolute Gasteiger partial charge is 0.172 e. The molecule has 0 unspecified atom stereocenters. The van der Waals surface area contributed by atoms with Crippen molar-refractivity contribution < 1.29 is 4.79 Å². The lowest BCUT2D eigenvalue weighted by molar-refractivity contribution is 0.111. The third-order valence-electron chi connectivity index (χ3n) is 4.58. The molecule has 1 saturated carbocycles. The van der Waals surface area contributed by atoms with E-state index in [9.17, 15) is 4.79 Å². The van der Waals surface area contributed by atoms with Gasteiger partial charge in [-0.2, -0.15) is 0 Å². The molecular weight excluding hydrogens is 274 g/mol. The van der Waals surface area contributed by atoms with Gasteiger partial charge in [-0.15, -0.1) is 5.10 Å². The summed E-state index contributed by atoms with van der Waals surface area (Å²) >= 11 is 0. The fourth-order valence-electron chi connectivity index (χ4n) is 3.46. The van der Waals surface area contributed by atoms with Crippen LogP contribution in [0.3, 0.4) is 0 Å². The van der Waals surface area contributed by atoms with Crippen LogP contribution in [0.15, 0.2) is 30.3 Å². The van der Waals surface area contributed by atoms with Crippen molar-refractivity contribution in [2.75, 3.05) is 0 Å². The molecule has 3 rings (SSSR count). The largest absolute Gasteiger partial charge is 0.296 e. The minimum absolute atomic E-state index is 0.459. The highest BCUT2D eigenvalue weighted by Crippen LogP contribution is 2.33. The van der Waals surface area contributed by atoms with E-state index in [4.69, 9.17) is 0 Å². The maximum absolute atomic E-state index is 11.3. The zero-order valence-corrected chi connectivity index (χ0v) is 12.9. The fourth-order valence-corrected chi connectivity index (χ4v) is 3.46. The number of nitrogens with zero attached hydrogens (tertiary/aromatic N) is 3. The van der Waals surface area contributed by atoms with Gasteiger partial charge in [-0.05, 0) is 31.2 Å². The van der Waals surface area contributed by atoms with Crippen LogP contribution in [-0.2, 0) is 13.0 Å². The van der Waals surface area contributed by atoms with Crippen molar-refractivity contribution in [3.8, 4) is 0 Å². The molecule has 0 amide bonds. The topological polar surface area (TPSA) is 47.8 Å². The van der Waals surface area contributed by atoms with Crippen LogP contribution in [0, 0.1) is 0 Å². The van der Waals surface area contributed by atoms with E-state index in [0.29, 0.717) is 11.6 Å². The van der Waals surface area contributed by atoms with E-state index >= 15 is 0 Å². The number of aldehydes is 1. The van der Waals surface area contributed by atoms with Gasteiger partial charge in [0.15, 0.2) is 6.29 Å². The van der Waals surface area contributed by atoms with E-state index in [-0.39, 0.29) is 0 Å². The second-order valence-electron chi connectivity index (χ2n) is 6.13. The molecule has 1 aromatic carbocycles. The predicted octanol–water partition coefficient (Wildman–Crippen LogP) is 3.77. The molecule has 4 heteroatoms. The van der Waals surface area contributed by atoms with Crippen LogP contribution < -0.4 is 0 Å². The van der Waals surface area contributed by atoms with Crippen molar-refractivity contribution >= 4 is 6.29 Å². The van der Waals surface area contributed by atoms with Crippen LogP contribution in [0.1, 0.15) is 66.2 Å². The Kier molecular flexibility index (Phi) is 4.99. The Balaban J connectivity index is 1.67. The highest BCUT2D eigenvalue weighted by molar-refractivity contribution is 5.73. The normalized spacial score (nSPS) is 15.8. The van der Waals surface area contributed by atoms with Crippen molar-refractivity contribution in [1.82, 2.24) is 15.0 Å². The van der Waals surface area contributed by atoms with Gasteiger partial charge in [0, 0.05) is 12.5 Å². The second-order valence-corrected chi connectivity index (χ2v) is 6.13. The number of benzene rings is 1. The molecule has 116 valence electrons. The van der Waals surface area contributed by atoms with Gasteiger partial charge in [-0.1, -0.05) is 54.8 Å². The van der Waals surface area contributed by atoms with Gasteiger partial charge in [0.05, 0.1) is 5.69 Å². The van der Waals surface area contributed by atoms with E-state index in [1.807, 2.05) is 10.7 Å². The summed E-state index contributed by atoms with van der Waals surface area (Å²) in [5, 5.41) is 8.31. The highest BCUT2D eigenvalue weighted by Gasteiger charge is 2.24. The maximum Gasteiger partial charge on any atom is 0.172 e. The molecule has 4 nitrogen and oxygen atoms in total. The van der Waals surface area contributed by atoms with E-state index in [2.05, 4.69) is 34.6 Å². The van der Waals surface area contributed by atoms with Crippen LogP contribution >= 0.6 is 0 Å². The number of rotatable bonds is 6. The first-order valence-electron chi connectivity index (χ1n) is 8.31. The Morgan fingerprint density at radius 3 is 2.64 bits per heavy atom. The molecule has 1 aliphatic carbocycles. The molecular formula is C18H23N3O. The molecule has 0 radical (unpaired) electrons. The first kappa shape index (κ1) is 14.9. The van der Waals surface area contributed by atoms with Gasteiger partial charge in [0.1, 0.15) is 5.69 Å². The van der Waals surface area contributed by atoms with Gasteiger partial charge < -0.3 is 0 Å². The summed E-state index contributed by atoms with van der Waals surface area (Å²) in [6, 6.07) is 10.5. The predicted molar refractivity (Wildman–Crippen MR) is 86.0 cm³/mol. The van der Waals surface area contributed by atoms with Crippen LogP contribution in [0.2, 0.25) is 0 Å².